The molecule has 4 nitrogen and oxygen atoms in total. The molecule has 0 saturated carbocycles. The van der Waals surface area contributed by atoms with Gasteiger partial charge in [0.15, 0.2) is 0 Å². The van der Waals surface area contributed by atoms with Gasteiger partial charge in [0.25, 0.3) is 0 Å². The number of hydrogen-bond donors (Lipinski definition) is 1. The van der Waals surface area contributed by atoms with E-state index in [1.54, 1.807) is 6.07 Å². The van der Waals surface area contributed by atoms with E-state index in [9.17, 15) is 0 Å². The van der Waals surface area contributed by atoms with E-state index in [1.807, 2.05) is 6.07 Å². The molecule has 11 heavy (non-hydrogen) atoms. The van der Waals surface area contributed by atoms with Crippen LogP contribution in [0.25, 0.3) is 0 Å². The third-order valence-corrected chi connectivity index (χ3v) is 1.24. The largest absolute Gasteiger partial charge is 0.462 e. The predicted molar refractivity (Wildman–Crippen MR) is 38.4 cm³/mol. The molecule has 1 rings (SSSR count). The fourth-order valence-corrected chi connectivity index (χ4v) is 0.727. The standard InChI is InChI=1S/C7H11NO3/c1-9-10-5-7-3-2-6(4-8)11-7/h2-3H,4-5,8H2,1H3. The zero-order valence-electron chi connectivity index (χ0n) is 6.37. The Morgan fingerprint density at radius 3 is 2.73 bits per heavy atom. The first-order valence-corrected chi connectivity index (χ1v) is 3.30. The highest BCUT2D eigenvalue weighted by Gasteiger charge is 1.99. The molecule has 0 aliphatic rings. The maximum Gasteiger partial charge on any atom is 0.140 e. The van der Waals surface area contributed by atoms with Crippen LogP contribution in [0.2, 0.25) is 0 Å². The minimum atomic E-state index is 0.316. The van der Waals surface area contributed by atoms with Crippen LogP contribution in [0.3, 0.4) is 0 Å². The van der Waals surface area contributed by atoms with Crippen molar-refractivity contribution in [1.82, 2.24) is 0 Å². The Labute approximate surface area is 64.8 Å². The molecule has 0 bridgehead atoms. The van der Waals surface area contributed by atoms with Crippen LogP contribution in [0.1, 0.15) is 11.5 Å². The number of nitrogens with two attached hydrogens (primary N) is 1. The lowest BCUT2D eigenvalue weighted by atomic mass is 10.4. The van der Waals surface area contributed by atoms with Gasteiger partial charge in [0.2, 0.25) is 0 Å². The second-order valence-electron chi connectivity index (χ2n) is 2.00. The number of rotatable bonds is 4. The van der Waals surface area contributed by atoms with Gasteiger partial charge in [-0.3, -0.25) is 0 Å². The van der Waals surface area contributed by atoms with Crippen molar-refractivity contribution in [3.8, 4) is 0 Å². The monoisotopic (exact) mass is 157 g/mol. The lowest BCUT2D eigenvalue weighted by molar-refractivity contribution is -0.284. The smallest absolute Gasteiger partial charge is 0.140 e. The molecule has 0 saturated heterocycles. The highest BCUT2D eigenvalue weighted by atomic mass is 17.2. The van der Waals surface area contributed by atoms with Gasteiger partial charge in [0.05, 0.1) is 13.7 Å². The van der Waals surface area contributed by atoms with E-state index in [0.29, 0.717) is 18.9 Å². The average Bonchev–Trinajstić information content (AvgIpc) is 2.48. The summed E-state index contributed by atoms with van der Waals surface area (Å²) in [7, 11) is 1.45. The molecule has 2 N–H and O–H groups in total. The molecule has 0 aliphatic heterocycles. The van der Waals surface area contributed by atoms with Gasteiger partial charge >= 0.3 is 0 Å². The molecule has 0 unspecified atom stereocenters. The van der Waals surface area contributed by atoms with Gasteiger partial charge in [-0.25, -0.2) is 9.78 Å². The van der Waals surface area contributed by atoms with Crippen molar-refractivity contribution < 1.29 is 14.2 Å². The molecular formula is C7H11NO3. The van der Waals surface area contributed by atoms with Crippen LogP contribution in [-0.2, 0) is 22.9 Å². The third-order valence-electron chi connectivity index (χ3n) is 1.24. The van der Waals surface area contributed by atoms with Gasteiger partial charge in [0, 0.05) is 0 Å². The van der Waals surface area contributed by atoms with Crippen molar-refractivity contribution in [2.75, 3.05) is 7.11 Å². The second-order valence-corrected chi connectivity index (χ2v) is 2.00. The van der Waals surface area contributed by atoms with Crippen LogP contribution in [0.5, 0.6) is 0 Å². The molecule has 0 atom stereocenters. The summed E-state index contributed by atoms with van der Waals surface area (Å²) in [6, 6.07) is 3.62. The Morgan fingerprint density at radius 1 is 1.45 bits per heavy atom. The maximum absolute atomic E-state index is 5.33. The highest BCUT2D eigenvalue weighted by molar-refractivity contribution is 5.05. The van der Waals surface area contributed by atoms with Crippen LogP contribution < -0.4 is 5.73 Å². The summed E-state index contributed by atoms with van der Waals surface area (Å²) < 4.78 is 5.20. The predicted octanol–water partition coefficient (Wildman–Crippen LogP) is 0.816. The Morgan fingerprint density at radius 2 is 2.18 bits per heavy atom. The van der Waals surface area contributed by atoms with Crippen LogP contribution in [0, 0.1) is 0 Å². The molecule has 0 spiro atoms. The minimum absolute atomic E-state index is 0.316. The molecule has 0 fully saturated rings. The number of furan rings is 1. The SMILES string of the molecule is COOCc1ccc(CN)o1. The second kappa shape index (κ2) is 4.12. The van der Waals surface area contributed by atoms with Crippen molar-refractivity contribution in [2.24, 2.45) is 5.73 Å². The van der Waals surface area contributed by atoms with Gasteiger partial charge < -0.3 is 10.2 Å². The maximum atomic E-state index is 5.33. The molecule has 62 valence electrons. The molecular weight excluding hydrogens is 146 g/mol. The molecule has 4 heteroatoms. The summed E-state index contributed by atoms with van der Waals surface area (Å²) >= 11 is 0. The lowest BCUT2D eigenvalue weighted by Gasteiger charge is -1.94. The summed E-state index contributed by atoms with van der Waals surface area (Å²) in [5.74, 6) is 1.46. The van der Waals surface area contributed by atoms with E-state index in [-0.39, 0.29) is 0 Å². The molecule has 0 aromatic carbocycles. The Bertz CT molecular complexity index is 209. The van der Waals surface area contributed by atoms with Crippen LogP contribution in [-0.4, -0.2) is 7.11 Å². The van der Waals surface area contributed by atoms with E-state index in [4.69, 9.17) is 10.2 Å². The number of hydrogen-bond acceptors (Lipinski definition) is 4. The molecule has 1 aromatic rings. The summed E-state index contributed by atoms with van der Waals surface area (Å²) in [6.45, 7) is 0.726. The first-order chi connectivity index (χ1) is 5.36. The van der Waals surface area contributed by atoms with Crippen LogP contribution >= 0.6 is 0 Å². The summed E-state index contributed by atoms with van der Waals surface area (Å²) in [5.41, 5.74) is 5.33. The highest BCUT2D eigenvalue weighted by Crippen LogP contribution is 2.07. The Balaban J connectivity index is 2.44. The van der Waals surface area contributed by atoms with Crippen molar-refractivity contribution in [2.45, 2.75) is 13.2 Å². The van der Waals surface area contributed by atoms with Crippen molar-refractivity contribution >= 4 is 0 Å². The summed E-state index contributed by atoms with van der Waals surface area (Å²) in [6.07, 6.45) is 0. The first kappa shape index (κ1) is 8.26. The quantitative estimate of drug-likeness (QED) is 0.519. The van der Waals surface area contributed by atoms with E-state index in [1.165, 1.54) is 7.11 Å². The molecule has 0 aliphatic carbocycles. The van der Waals surface area contributed by atoms with Gasteiger partial charge in [-0.1, -0.05) is 0 Å². The molecule has 1 heterocycles. The van der Waals surface area contributed by atoms with Gasteiger partial charge in [-0.2, -0.15) is 0 Å². The van der Waals surface area contributed by atoms with Crippen molar-refractivity contribution in [3.05, 3.63) is 23.7 Å². The van der Waals surface area contributed by atoms with Crippen molar-refractivity contribution in [1.29, 1.82) is 0 Å². The fourth-order valence-electron chi connectivity index (χ4n) is 0.727. The summed E-state index contributed by atoms with van der Waals surface area (Å²) in [4.78, 5) is 9.04. The third kappa shape index (κ3) is 2.34. The normalized spacial score (nSPS) is 10.4. The van der Waals surface area contributed by atoms with Gasteiger partial charge in [0.1, 0.15) is 18.1 Å². The molecule has 0 radical (unpaired) electrons. The lowest BCUT2D eigenvalue weighted by Crippen LogP contribution is -1.93. The van der Waals surface area contributed by atoms with Crippen LogP contribution in [0.15, 0.2) is 16.5 Å². The minimum Gasteiger partial charge on any atom is -0.462 e. The fraction of sp³-hybridized carbons (Fsp3) is 0.429. The van der Waals surface area contributed by atoms with Crippen molar-refractivity contribution in [3.63, 3.8) is 0 Å². The van der Waals surface area contributed by atoms with E-state index < -0.39 is 0 Å². The van der Waals surface area contributed by atoms with Crippen LogP contribution in [0.4, 0.5) is 0 Å². The zero-order chi connectivity index (χ0) is 8.10. The average molecular weight is 157 g/mol. The summed E-state index contributed by atoms with van der Waals surface area (Å²) in [5, 5.41) is 0. The molecule has 0 amide bonds. The van der Waals surface area contributed by atoms with Gasteiger partial charge in [-0.05, 0) is 12.1 Å². The first-order valence-electron chi connectivity index (χ1n) is 3.30. The van der Waals surface area contributed by atoms with Gasteiger partial charge in [-0.15, -0.1) is 0 Å². The Kier molecular flexibility index (Phi) is 3.10. The zero-order valence-corrected chi connectivity index (χ0v) is 6.37. The topological polar surface area (TPSA) is 57.6 Å². The van der Waals surface area contributed by atoms with E-state index >= 15 is 0 Å². The Hall–Kier alpha value is -0.840. The van der Waals surface area contributed by atoms with E-state index in [0.717, 1.165) is 5.76 Å². The van der Waals surface area contributed by atoms with E-state index in [2.05, 4.69) is 9.78 Å². The molecule has 1 aromatic heterocycles.